The summed E-state index contributed by atoms with van der Waals surface area (Å²) in [5, 5.41) is 3.06. The Hall–Kier alpha value is -2.53. The number of quaternary nitrogens is 1. The first kappa shape index (κ1) is 23.7. The number of hydrogen-bond donors (Lipinski definition) is 1. The highest BCUT2D eigenvalue weighted by Gasteiger charge is 2.26. The SMILES string of the molecule is CCCCC(=O)NCCC[N+](C)(CCc1ccccc1)c1ccc(OC)c(OC)c1. The van der Waals surface area contributed by atoms with Crippen molar-refractivity contribution < 1.29 is 14.3 Å². The topological polar surface area (TPSA) is 47.6 Å². The van der Waals surface area contributed by atoms with Gasteiger partial charge in [0.05, 0.1) is 34.4 Å². The number of methoxy groups -OCH3 is 2. The van der Waals surface area contributed by atoms with Crippen molar-refractivity contribution in [3.8, 4) is 11.5 Å². The molecule has 0 aliphatic heterocycles. The van der Waals surface area contributed by atoms with Gasteiger partial charge in [0, 0.05) is 37.9 Å². The van der Waals surface area contributed by atoms with Gasteiger partial charge in [-0.25, -0.2) is 0 Å². The number of nitrogens with one attached hydrogen (secondary N) is 1. The average Bonchev–Trinajstić information content (AvgIpc) is 2.79. The maximum absolute atomic E-state index is 11.9. The van der Waals surface area contributed by atoms with Crippen LogP contribution in [0.15, 0.2) is 48.5 Å². The summed E-state index contributed by atoms with van der Waals surface area (Å²) < 4.78 is 11.7. The standard InChI is InChI=1S/C25H36N2O3/c1-5-6-13-25(28)26-17-10-18-27(2,19-16-21-11-8-7-9-12-21)22-14-15-23(29-3)24(20-22)30-4/h7-9,11-12,14-15,20H,5-6,10,13,16-19H2,1-4H3/p+1. The third-order valence-corrected chi connectivity index (χ3v) is 5.64. The van der Waals surface area contributed by atoms with Crippen LogP contribution in [0, 0.1) is 0 Å². The van der Waals surface area contributed by atoms with Crippen molar-refractivity contribution in [2.75, 3.05) is 40.9 Å². The van der Waals surface area contributed by atoms with Crippen molar-refractivity contribution in [1.82, 2.24) is 9.80 Å². The lowest BCUT2D eigenvalue weighted by Crippen LogP contribution is -2.48. The van der Waals surface area contributed by atoms with E-state index in [9.17, 15) is 4.79 Å². The number of ether oxygens (including phenoxy) is 2. The van der Waals surface area contributed by atoms with E-state index >= 15 is 0 Å². The van der Waals surface area contributed by atoms with Gasteiger partial charge in [-0.15, -0.1) is 0 Å². The monoisotopic (exact) mass is 413 g/mol. The first-order valence-corrected chi connectivity index (χ1v) is 10.9. The fourth-order valence-corrected chi connectivity index (χ4v) is 3.63. The predicted octanol–water partition coefficient (Wildman–Crippen LogP) is 4.58. The van der Waals surface area contributed by atoms with Crippen LogP contribution in [0.25, 0.3) is 0 Å². The van der Waals surface area contributed by atoms with E-state index in [1.807, 2.05) is 12.1 Å². The third-order valence-electron chi connectivity index (χ3n) is 5.64. The highest BCUT2D eigenvalue weighted by molar-refractivity contribution is 5.75. The van der Waals surface area contributed by atoms with Gasteiger partial charge in [-0.3, -0.25) is 9.28 Å². The summed E-state index contributed by atoms with van der Waals surface area (Å²) in [7, 11) is 5.58. The fraction of sp³-hybridized carbons (Fsp3) is 0.480. The second-order valence-electron chi connectivity index (χ2n) is 7.93. The van der Waals surface area contributed by atoms with Gasteiger partial charge in [0.15, 0.2) is 11.5 Å². The maximum atomic E-state index is 11.9. The van der Waals surface area contributed by atoms with Gasteiger partial charge in [-0.2, -0.15) is 0 Å². The van der Waals surface area contributed by atoms with Crippen LogP contribution in [0.4, 0.5) is 5.69 Å². The van der Waals surface area contributed by atoms with E-state index in [1.54, 1.807) is 14.2 Å². The van der Waals surface area contributed by atoms with Crippen molar-refractivity contribution in [2.24, 2.45) is 0 Å². The number of unbranched alkanes of at least 4 members (excludes halogenated alkanes) is 1. The van der Waals surface area contributed by atoms with Crippen LogP contribution in [0.2, 0.25) is 0 Å². The highest BCUT2D eigenvalue weighted by atomic mass is 16.5. The molecule has 2 aromatic rings. The number of carbonyl (C=O) groups excluding carboxylic acids is 1. The van der Waals surface area contributed by atoms with E-state index in [0.717, 1.165) is 54.8 Å². The minimum absolute atomic E-state index is 0.154. The number of hydrogen-bond acceptors (Lipinski definition) is 3. The molecule has 5 nitrogen and oxygen atoms in total. The van der Waals surface area contributed by atoms with Gasteiger partial charge < -0.3 is 14.8 Å². The van der Waals surface area contributed by atoms with Gasteiger partial charge in [-0.1, -0.05) is 43.7 Å². The van der Waals surface area contributed by atoms with Gasteiger partial charge in [-0.05, 0) is 18.1 Å². The second kappa shape index (κ2) is 12.2. The zero-order valence-corrected chi connectivity index (χ0v) is 18.9. The molecular weight excluding hydrogens is 376 g/mol. The minimum Gasteiger partial charge on any atom is -0.493 e. The number of likely N-dealkylation sites (N-methyl/N-ethyl adjacent to an activating group) is 1. The van der Waals surface area contributed by atoms with E-state index in [-0.39, 0.29) is 5.91 Å². The Morgan fingerprint density at radius 2 is 1.70 bits per heavy atom. The zero-order chi connectivity index (χ0) is 21.8. The van der Waals surface area contributed by atoms with Crippen LogP contribution in [-0.2, 0) is 11.2 Å². The lowest BCUT2D eigenvalue weighted by atomic mass is 10.1. The van der Waals surface area contributed by atoms with Gasteiger partial charge in [0.2, 0.25) is 5.91 Å². The Morgan fingerprint density at radius 1 is 0.967 bits per heavy atom. The molecule has 0 aliphatic rings. The van der Waals surface area contributed by atoms with Crippen LogP contribution >= 0.6 is 0 Å². The lowest BCUT2D eigenvalue weighted by molar-refractivity contribution is -0.121. The Labute approximate surface area is 181 Å². The normalized spacial score (nSPS) is 12.8. The summed E-state index contributed by atoms with van der Waals surface area (Å²) in [5.74, 6) is 1.63. The highest BCUT2D eigenvalue weighted by Crippen LogP contribution is 2.34. The van der Waals surface area contributed by atoms with Crippen LogP contribution in [-0.4, -0.2) is 46.8 Å². The molecule has 2 aromatic carbocycles. The van der Waals surface area contributed by atoms with Crippen molar-refractivity contribution in [1.29, 1.82) is 0 Å². The summed E-state index contributed by atoms with van der Waals surface area (Å²) in [6, 6.07) is 16.7. The first-order valence-electron chi connectivity index (χ1n) is 10.9. The Morgan fingerprint density at radius 3 is 2.37 bits per heavy atom. The maximum Gasteiger partial charge on any atom is 0.219 e. The molecule has 0 saturated carbocycles. The molecule has 30 heavy (non-hydrogen) atoms. The molecule has 0 radical (unpaired) electrons. The summed E-state index contributed by atoms with van der Waals surface area (Å²) in [6.07, 6.45) is 4.50. The molecule has 0 aliphatic carbocycles. The van der Waals surface area contributed by atoms with Crippen molar-refractivity contribution in [2.45, 2.75) is 39.0 Å². The average molecular weight is 414 g/mol. The van der Waals surface area contributed by atoms with Gasteiger partial charge in [0.1, 0.15) is 5.69 Å². The summed E-state index contributed by atoms with van der Waals surface area (Å²) in [6.45, 7) is 4.70. The van der Waals surface area contributed by atoms with Crippen LogP contribution in [0.3, 0.4) is 0 Å². The molecule has 0 fully saturated rings. The number of carbonyl (C=O) groups is 1. The van der Waals surface area contributed by atoms with Gasteiger partial charge >= 0.3 is 0 Å². The quantitative estimate of drug-likeness (QED) is 0.386. The van der Waals surface area contributed by atoms with E-state index < -0.39 is 0 Å². The molecule has 0 spiro atoms. The second-order valence-corrected chi connectivity index (χ2v) is 7.93. The summed E-state index contributed by atoms with van der Waals surface area (Å²) >= 11 is 0. The molecule has 164 valence electrons. The first-order chi connectivity index (χ1) is 14.5. The molecular formula is C25H37N2O3+. The van der Waals surface area contributed by atoms with E-state index in [4.69, 9.17) is 9.47 Å². The molecule has 1 N–H and O–H groups in total. The van der Waals surface area contributed by atoms with Gasteiger partial charge in [0.25, 0.3) is 0 Å². The fourth-order valence-electron chi connectivity index (χ4n) is 3.63. The molecule has 0 aromatic heterocycles. The van der Waals surface area contributed by atoms with Crippen molar-refractivity contribution in [3.05, 3.63) is 54.1 Å². The number of amides is 1. The third kappa shape index (κ3) is 7.06. The number of nitrogens with zero attached hydrogens (tertiary/aromatic N) is 1. The van der Waals surface area contributed by atoms with Crippen molar-refractivity contribution in [3.63, 3.8) is 0 Å². The molecule has 1 atom stereocenters. The Balaban J connectivity index is 2.10. The Kier molecular flexibility index (Phi) is 9.68. The number of rotatable bonds is 13. The number of benzene rings is 2. The molecule has 0 heterocycles. The molecule has 2 rings (SSSR count). The lowest BCUT2D eigenvalue weighted by Gasteiger charge is -2.35. The molecule has 5 heteroatoms. The van der Waals surface area contributed by atoms with E-state index in [1.165, 1.54) is 11.3 Å². The molecule has 0 saturated heterocycles. The molecule has 0 bridgehead atoms. The van der Waals surface area contributed by atoms with Crippen LogP contribution in [0.5, 0.6) is 11.5 Å². The van der Waals surface area contributed by atoms with Crippen molar-refractivity contribution >= 4 is 11.6 Å². The van der Waals surface area contributed by atoms with Crippen LogP contribution in [0.1, 0.15) is 38.2 Å². The largest absolute Gasteiger partial charge is 0.493 e. The van der Waals surface area contributed by atoms with E-state index in [2.05, 4.69) is 55.7 Å². The minimum atomic E-state index is 0.154. The zero-order valence-electron chi connectivity index (χ0n) is 18.9. The summed E-state index contributed by atoms with van der Waals surface area (Å²) in [4.78, 5) is 11.9. The van der Waals surface area contributed by atoms with E-state index in [0.29, 0.717) is 13.0 Å². The van der Waals surface area contributed by atoms with Crippen LogP contribution < -0.4 is 19.3 Å². The predicted molar refractivity (Wildman–Crippen MR) is 124 cm³/mol. The molecule has 1 unspecified atom stereocenters. The molecule has 1 amide bonds. The summed E-state index contributed by atoms with van der Waals surface area (Å²) in [5.41, 5.74) is 2.51. The smallest absolute Gasteiger partial charge is 0.219 e. The Bertz CT molecular complexity index is 779.